The van der Waals surface area contributed by atoms with E-state index in [1.807, 2.05) is 0 Å². The molecular weight excluding hydrogens is 424 g/mol. The first-order valence-electron chi connectivity index (χ1n) is 10.8. The lowest BCUT2D eigenvalue weighted by atomic mass is 10.2. The summed E-state index contributed by atoms with van der Waals surface area (Å²) in [6.07, 6.45) is 2.70. The summed E-state index contributed by atoms with van der Waals surface area (Å²) in [7, 11) is 3.12. The first-order chi connectivity index (χ1) is 16.1. The molecule has 0 aliphatic heterocycles. The Labute approximate surface area is 190 Å². The zero-order valence-electron chi connectivity index (χ0n) is 18.9. The Hall–Kier alpha value is -3.88. The third-order valence-corrected chi connectivity index (χ3v) is 5.52. The van der Waals surface area contributed by atoms with E-state index in [1.54, 1.807) is 56.7 Å². The number of fused-ring (bicyclic) bond motifs is 1. The van der Waals surface area contributed by atoms with Crippen LogP contribution in [0.3, 0.4) is 0 Å². The molecule has 0 amide bonds. The van der Waals surface area contributed by atoms with Gasteiger partial charge in [0.05, 0.1) is 25.1 Å². The van der Waals surface area contributed by atoms with Crippen LogP contribution in [0.4, 0.5) is 0 Å². The fourth-order valence-electron chi connectivity index (χ4n) is 3.79. The van der Waals surface area contributed by atoms with Crippen LogP contribution in [0.1, 0.15) is 32.1 Å². The highest BCUT2D eigenvalue weighted by molar-refractivity contribution is 5.77. The summed E-state index contributed by atoms with van der Waals surface area (Å²) >= 11 is 0. The Kier molecular flexibility index (Phi) is 6.58. The van der Waals surface area contributed by atoms with E-state index in [4.69, 9.17) is 14.0 Å². The number of unbranched alkanes of at least 4 members (excludes halogenated alkanes) is 2. The van der Waals surface area contributed by atoms with Crippen molar-refractivity contribution >= 4 is 10.9 Å². The number of hydrogen-bond acceptors (Lipinski definition) is 7. The molecule has 0 saturated heterocycles. The van der Waals surface area contributed by atoms with Gasteiger partial charge in [-0.05, 0) is 36.8 Å². The highest BCUT2D eigenvalue weighted by Crippen LogP contribution is 2.31. The van der Waals surface area contributed by atoms with E-state index in [0.717, 1.165) is 19.3 Å². The van der Waals surface area contributed by atoms with E-state index in [2.05, 4.69) is 17.1 Å². The van der Waals surface area contributed by atoms with Crippen LogP contribution in [-0.2, 0) is 13.1 Å². The minimum Gasteiger partial charge on any atom is -0.493 e. The molecule has 0 radical (unpaired) electrons. The van der Waals surface area contributed by atoms with Gasteiger partial charge in [-0.25, -0.2) is 4.79 Å². The molecule has 9 heteroatoms. The van der Waals surface area contributed by atoms with Crippen molar-refractivity contribution in [1.29, 1.82) is 0 Å². The smallest absolute Gasteiger partial charge is 0.331 e. The van der Waals surface area contributed by atoms with Gasteiger partial charge in [-0.2, -0.15) is 4.98 Å². The van der Waals surface area contributed by atoms with Crippen molar-refractivity contribution in [2.75, 3.05) is 14.2 Å². The fourth-order valence-corrected chi connectivity index (χ4v) is 3.79. The van der Waals surface area contributed by atoms with Gasteiger partial charge in [0.2, 0.25) is 11.7 Å². The zero-order valence-corrected chi connectivity index (χ0v) is 18.9. The molecule has 0 bridgehead atoms. The number of para-hydroxylation sites is 1. The predicted octanol–water partition coefficient (Wildman–Crippen LogP) is 3.47. The molecule has 2 aromatic carbocycles. The van der Waals surface area contributed by atoms with E-state index in [1.165, 1.54) is 9.13 Å². The molecule has 0 saturated carbocycles. The van der Waals surface area contributed by atoms with Crippen molar-refractivity contribution in [3.8, 4) is 22.9 Å². The van der Waals surface area contributed by atoms with Gasteiger partial charge in [0.25, 0.3) is 5.56 Å². The SMILES string of the molecule is CCCCCn1c(=O)c2ccccc2n(Cc2nc(-c3ccc(OC)c(OC)c3)no2)c1=O. The number of nitrogens with zero attached hydrogens (tertiary/aromatic N) is 4. The maximum absolute atomic E-state index is 13.2. The molecule has 2 aromatic heterocycles. The molecular formula is C24H26N4O5. The van der Waals surface area contributed by atoms with Gasteiger partial charge in [-0.1, -0.05) is 37.1 Å². The summed E-state index contributed by atoms with van der Waals surface area (Å²) in [5, 5.41) is 4.54. The van der Waals surface area contributed by atoms with Gasteiger partial charge >= 0.3 is 5.69 Å². The molecule has 0 aliphatic carbocycles. The number of benzene rings is 2. The van der Waals surface area contributed by atoms with E-state index in [-0.39, 0.29) is 23.7 Å². The number of ether oxygens (including phenoxy) is 2. The van der Waals surface area contributed by atoms with Crippen LogP contribution in [-0.4, -0.2) is 33.5 Å². The molecule has 4 aromatic rings. The minimum absolute atomic E-state index is 0.0493. The normalized spacial score (nSPS) is 11.1. The highest BCUT2D eigenvalue weighted by Gasteiger charge is 2.17. The van der Waals surface area contributed by atoms with Crippen LogP contribution in [0.2, 0.25) is 0 Å². The average Bonchev–Trinajstić information content (AvgIpc) is 3.32. The summed E-state index contributed by atoms with van der Waals surface area (Å²) in [6.45, 7) is 2.50. The summed E-state index contributed by atoms with van der Waals surface area (Å²) in [4.78, 5) is 30.6. The number of hydrogen-bond donors (Lipinski definition) is 0. The van der Waals surface area contributed by atoms with Crippen molar-refractivity contribution < 1.29 is 14.0 Å². The molecule has 172 valence electrons. The molecule has 4 rings (SSSR count). The van der Waals surface area contributed by atoms with Gasteiger partial charge in [0.1, 0.15) is 6.54 Å². The average molecular weight is 450 g/mol. The van der Waals surface area contributed by atoms with Gasteiger partial charge in [0, 0.05) is 12.1 Å². The van der Waals surface area contributed by atoms with Crippen molar-refractivity contribution in [2.24, 2.45) is 0 Å². The van der Waals surface area contributed by atoms with E-state index >= 15 is 0 Å². The largest absolute Gasteiger partial charge is 0.493 e. The molecule has 0 atom stereocenters. The molecule has 33 heavy (non-hydrogen) atoms. The third kappa shape index (κ3) is 4.39. The second-order valence-electron chi connectivity index (χ2n) is 7.63. The van der Waals surface area contributed by atoms with Gasteiger partial charge < -0.3 is 14.0 Å². The summed E-state index contributed by atoms with van der Waals surface area (Å²) < 4.78 is 18.9. The van der Waals surface area contributed by atoms with Gasteiger partial charge in [-0.3, -0.25) is 13.9 Å². The van der Waals surface area contributed by atoms with Crippen LogP contribution < -0.4 is 20.7 Å². The van der Waals surface area contributed by atoms with Crippen molar-refractivity contribution in [3.05, 3.63) is 69.2 Å². The minimum atomic E-state index is -0.388. The van der Waals surface area contributed by atoms with Crippen molar-refractivity contribution in [1.82, 2.24) is 19.3 Å². The second-order valence-corrected chi connectivity index (χ2v) is 7.63. The van der Waals surface area contributed by atoms with Crippen LogP contribution in [0.25, 0.3) is 22.3 Å². The van der Waals surface area contributed by atoms with Crippen molar-refractivity contribution in [3.63, 3.8) is 0 Å². The van der Waals surface area contributed by atoms with Crippen LogP contribution in [0.5, 0.6) is 11.5 Å². The topological polar surface area (TPSA) is 101 Å². The number of methoxy groups -OCH3 is 2. The van der Waals surface area contributed by atoms with Crippen molar-refractivity contribution in [2.45, 2.75) is 39.3 Å². The molecule has 0 spiro atoms. The molecule has 0 fully saturated rings. The Bertz CT molecular complexity index is 1390. The quantitative estimate of drug-likeness (QED) is 0.360. The molecule has 0 unspecified atom stereocenters. The summed E-state index contributed by atoms with van der Waals surface area (Å²) in [5.74, 6) is 1.75. The Morgan fingerprint density at radius 3 is 2.52 bits per heavy atom. The standard InChI is InChI=1S/C24H26N4O5/c1-4-5-8-13-27-23(29)17-9-6-7-10-18(17)28(24(27)30)15-21-25-22(26-33-21)16-11-12-19(31-2)20(14-16)32-3/h6-7,9-12,14H,4-5,8,13,15H2,1-3H3. The fraction of sp³-hybridized carbons (Fsp3) is 0.333. The zero-order chi connectivity index (χ0) is 23.4. The maximum Gasteiger partial charge on any atom is 0.331 e. The maximum atomic E-state index is 13.2. The molecule has 0 N–H and O–H groups in total. The van der Waals surface area contributed by atoms with Crippen LogP contribution >= 0.6 is 0 Å². The van der Waals surface area contributed by atoms with E-state index in [0.29, 0.717) is 40.3 Å². The van der Waals surface area contributed by atoms with Crippen LogP contribution in [0.15, 0.2) is 56.6 Å². The monoisotopic (exact) mass is 450 g/mol. The Balaban J connectivity index is 1.72. The predicted molar refractivity (Wildman–Crippen MR) is 124 cm³/mol. The lowest BCUT2D eigenvalue weighted by Crippen LogP contribution is -2.40. The molecule has 9 nitrogen and oxygen atoms in total. The van der Waals surface area contributed by atoms with Gasteiger partial charge in [-0.15, -0.1) is 0 Å². The number of aromatic nitrogens is 4. The van der Waals surface area contributed by atoms with E-state index in [9.17, 15) is 9.59 Å². The Morgan fingerprint density at radius 1 is 0.970 bits per heavy atom. The molecule has 0 aliphatic rings. The highest BCUT2D eigenvalue weighted by atomic mass is 16.5. The van der Waals surface area contributed by atoms with Crippen LogP contribution in [0, 0.1) is 0 Å². The lowest BCUT2D eigenvalue weighted by Gasteiger charge is -2.12. The first-order valence-corrected chi connectivity index (χ1v) is 10.8. The Morgan fingerprint density at radius 2 is 1.76 bits per heavy atom. The summed E-state index contributed by atoms with van der Waals surface area (Å²) in [6, 6.07) is 12.4. The third-order valence-electron chi connectivity index (χ3n) is 5.52. The number of rotatable bonds is 9. The summed E-state index contributed by atoms with van der Waals surface area (Å²) in [5.41, 5.74) is 0.551. The second kappa shape index (κ2) is 9.72. The first kappa shape index (κ1) is 22.3. The lowest BCUT2D eigenvalue weighted by molar-refractivity contribution is 0.355. The van der Waals surface area contributed by atoms with E-state index < -0.39 is 0 Å². The van der Waals surface area contributed by atoms with Gasteiger partial charge in [0.15, 0.2) is 11.5 Å². The molecule has 2 heterocycles.